The number of nitrogens with one attached hydrogen (secondary N) is 1. The van der Waals surface area contributed by atoms with E-state index in [2.05, 4.69) is 6.58 Å². The Morgan fingerprint density at radius 2 is 1.59 bits per heavy atom. The largest absolute Gasteiger partial charge is 0.471 e. The Labute approximate surface area is 198 Å². The molecule has 1 heterocycles. The number of hydrogen-bond donors (Lipinski definition) is 1. The summed E-state index contributed by atoms with van der Waals surface area (Å²) in [5, 5.41) is 1.56. The molecule has 0 aliphatic carbocycles. The molecule has 1 aliphatic rings. The predicted molar refractivity (Wildman–Crippen MR) is 117 cm³/mol. The molecule has 9 nitrogen and oxygen atoms in total. The molecule has 1 amide bonds. The summed E-state index contributed by atoms with van der Waals surface area (Å²) in [6, 6.07) is -1.65. The minimum absolute atomic E-state index is 0.125. The predicted octanol–water partition coefficient (Wildman–Crippen LogP) is 2.85. The van der Waals surface area contributed by atoms with Crippen LogP contribution in [-0.4, -0.2) is 76.2 Å². The average molecular weight is 514 g/mol. The van der Waals surface area contributed by atoms with Crippen molar-refractivity contribution in [1.29, 1.82) is 0 Å². The van der Waals surface area contributed by atoms with E-state index in [1.165, 1.54) is 6.08 Å². The molecule has 1 fully saturated rings. The highest BCUT2D eigenvalue weighted by Gasteiger charge is 2.54. The molecule has 1 saturated heterocycles. The Hall–Kier alpha value is -1.96. The lowest BCUT2D eigenvalue weighted by Crippen LogP contribution is -2.68. The van der Waals surface area contributed by atoms with Gasteiger partial charge in [0, 0.05) is 13.8 Å². The second kappa shape index (κ2) is 11.6. The minimum Gasteiger partial charge on any atom is -0.456 e. The van der Waals surface area contributed by atoms with Gasteiger partial charge >= 0.3 is 24.0 Å². The van der Waals surface area contributed by atoms with E-state index < -0.39 is 63.0 Å². The van der Waals surface area contributed by atoms with Crippen molar-refractivity contribution in [2.75, 3.05) is 13.2 Å². The van der Waals surface area contributed by atoms with Crippen molar-refractivity contribution in [2.24, 2.45) is 0 Å². The standard InChI is InChI=1S/C21H34F3NO8Si/c1-9-10-29-18-15(25-19(28)21(22,23)24)17(32-13(3)27)16(31-12(2)26)14(33-18)11-30-34(7,8)20(4,5)6/h9,14-18H,1,10-11H2,2-8H3,(H,25,28)/t14-,15-,16-,17-,18-/m1/s1. The summed E-state index contributed by atoms with van der Waals surface area (Å²) in [7, 11) is -2.33. The van der Waals surface area contributed by atoms with Gasteiger partial charge in [-0.05, 0) is 18.1 Å². The Morgan fingerprint density at radius 3 is 2.03 bits per heavy atom. The van der Waals surface area contributed by atoms with Crippen molar-refractivity contribution in [2.45, 2.75) is 89.6 Å². The fourth-order valence-electron chi connectivity index (χ4n) is 2.90. The minimum atomic E-state index is -5.23. The van der Waals surface area contributed by atoms with Crippen molar-refractivity contribution in [3.05, 3.63) is 12.7 Å². The van der Waals surface area contributed by atoms with Crippen LogP contribution in [0.15, 0.2) is 12.7 Å². The molecule has 0 aromatic heterocycles. The van der Waals surface area contributed by atoms with Gasteiger partial charge in [-0.1, -0.05) is 26.8 Å². The van der Waals surface area contributed by atoms with Crippen LogP contribution in [0, 0.1) is 0 Å². The molecule has 196 valence electrons. The van der Waals surface area contributed by atoms with Crippen molar-refractivity contribution >= 4 is 26.2 Å². The van der Waals surface area contributed by atoms with Crippen molar-refractivity contribution in [3.8, 4) is 0 Å². The van der Waals surface area contributed by atoms with Crippen molar-refractivity contribution < 1.29 is 50.9 Å². The van der Waals surface area contributed by atoms with Gasteiger partial charge in [0.1, 0.15) is 12.1 Å². The Balaban J connectivity index is 3.41. The Bertz CT molecular complexity index is 753. The lowest BCUT2D eigenvalue weighted by Gasteiger charge is -2.46. The molecule has 0 aromatic carbocycles. The maximum Gasteiger partial charge on any atom is 0.471 e. The lowest BCUT2D eigenvalue weighted by atomic mass is 9.96. The molecule has 1 rings (SSSR count). The summed E-state index contributed by atoms with van der Waals surface area (Å²) in [5.41, 5.74) is 0. The SMILES string of the molecule is C=CCO[C@@H]1O[C@H](CO[Si](C)(C)C(C)(C)C)[C@@H](OC(C)=O)[C@H](OC(C)=O)[C@H]1NC(=O)C(F)(F)F. The monoisotopic (exact) mass is 513 g/mol. The molecule has 13 heteroatoms. The van der Waals surface area contributed by atoms with Gasteiger partial charge in [0.15, 0.2) is 26.8 Å². The number of carbonyl (C=O) groups excluding carboxylic acids is 3. The first-order chi connectivity index (χ1) is 15.4. The van der Waals surface area contributed by atoms with E-state index in [-0.39, 0.29) is 18.3 Å². The first-order valence-corrected chi connectivity index (χ1v) is 13.6. The molecular weight excluding hydrogens is 479 g/mol. The van der Waals surface area contributed by atoms with E-state index in [1.54, 1.807) is 5.32 Å². The van der Waals surface area contributed by atoms with Gasteiger partial charge in [-0.3, -0.25) is 14.4 Å². The zero-order chi connectivity index (χ0) is 26.5. The van der Waals surface area contributed by atoms with Gasteiger partial charge < -0.3 is 28.7 Å². The van der Waals surface area contributed by atoms with E-state index in [4.69, 9.17) is 23.4 Å². The van der Waals surface area contributed by atoms with E-state index in [9.17, 15) is 27.6 Å². The zero-order valence-electron chi connectivity index (χ0n) is 20.5. The molecule has 1 N–H and O–H groups in total. The van der Waals surface area contributed by atoms with Crippen molar-refractivity contribution in [3.63, 3.8) is 0 Å². The van der Waals surface area contributed by atoms with Crippen LogP contribution >= 0.6 is 0 Å². The molecule has 0 unspecified atom stereocenters. The van der Waals surface area contributed by atoms with Crippen LogP contribution in [0.5, 0.6) is 0 Å². The fourth-order valence-corrected chi connectivity index (χ4v) is 3.92. The third kappa shape index (κ3) is 8.36. The summed E-state index contributed by atoms with van der Waals surface area (Å²) in [5.74, 6) is -3.97. The summed E-state index contributed by atoms with van der Waals surface area (Å²) >= 11 is 0. The molecule has 1 aliphatic heterocycles. The highest BCUT2D eigenvalue weighted by molar-refractivity contribution is 6.74. The number of halogens is 3. The van der Waals surface area contributed by atoms with E-state index in [0.29, 0.717) is 0 Å². The molecular formula is C21H34F3NO8Si. The summed E-state index contributed by atoms with van der Waals surface area (Å²) in [4.78, 5) is 35.4. The molecule has 0 aromatic rings. The van der Waals surface area contributed by atoms with Crippen LogP contribution in [-0.2, 0) is 37.8 Å². The third-order valence-electron chi connectivity index (χ3n) is 5.60. The van der Waals surface area contributed by atoms with E-state index in [1.807, 2.05) is 33.9 Å². The maximum atomic E-state index is 13.0. The normalized spacial score (nSPS) is 25.9. The molecule has 5 atom stereocenters. The second-order valence-corrected chi connectivity index (χ2v) is 14.2. The number of hydrogen-bond acceptors (Lipinski definition) is 8. The summed E-state index contributed by atoms with van der Waals surface area (Å²) in [6.07, 6.45) is -9.41. The van der Waals surface area contributed by atoms with Crippen molar-refractivity contribution in [1.82, 2.24) is 5.32 Å². The lowest BCUT2D eigenvalue weighted by molar-refractivity contribution is -0.275. The molecule has 0 spiro atoms. The third-order valence-corrected chi connectivity index (χ3v) is 10.1. The van der Waals surface area contributed by atoms with Gasteiger partial charge in [0.25, 0.3) is 0 Å². The zero-order valence-corrected chi connectivity index (χ0v) is 21.5. The van der Waals surface area contributed by atoms with Crippen LogP contribution in [0.25, 0.3) is 0 Å². The van der Waals surface area contributed by atoms with Crippen LogP contribution in [0.1, 0.15) is 34.6 Å². The first kappa shape index (κ1) is 30.1. The van der Waals surface area contributed by atoms with Gasteiger partial charge in [-0.25, -0.2) is 0 Å². The summed E-state index contributed by atoms with van der Waals surface area (Å²) < 4.78 is 67.0. The maximum absolute atomic E-state index is 13.0. The molecule has 0 bridgehead atoms. The van der Waals surface area contributed by atoms with Crippen LogP contribution in [0.3, 0.4) is 0 Å². The average Bonchev–Trinajstić information content (AvgIpc) is 2.66. The fraction of sp³-hybridized carbons (Fsp3) is 0.762. The van der Waals surface area contributed by atoms with Crippen LogP contribution in [0.4, 0.5) is 13.2 Å². The van der Waals surface area contributed by atoms with Gasteiger partial charge in [0.2, 0.25) is 0 Å². The number of esters is 2. The molecule has 0 radical (unpaired) electrons. The van der Waals surface area contributed by atoms with E-state index >= 15 is 0 Å². The van der Waals surface area contributed by atoms with Gasteiger partial charge in [-0.15, -0.1) is 6.58 Å². The molecule has 34 heavy (non-hydrogen) atoms. The van der Waals surface area contributed by atoms with Crippen LogP contribution < -0.4 is 5.32 Å². The number of carbonyl (C=O) groups is 3. The second-order valence-electron chi connectivity index (χ2n) is 9.38. The molecule has 0 saturated carbocycles. The first-order valence-electron chi connectivity index (χ1n) is 10.6. The van der Waals surface area contributed by atoms with Gasteiger partial charge in [-0.2, -0.15) is 13.2 Å². The highest BCUT2D eigenvalue weighted by atomic mass is 28.4. The number of alkyl halides is 3. The quantitative estimate of drug-likeness (QED) is 0.285. The summed E-state index contributed by atoms with van der Waals surface area (Å²) in [6.45, 7) is 15.3. The smallest absolute Gasteiger partial charge is 0.456 e. The topological polar surface area (TPSA) is 109 Å². The van der Waals surface area contributed by atoms with E-state index in [0.717, 1.165) is 13.8 Å². The number of amides is 1. The highest BCUT2D eigenvalue weighted by Crippen LogP contribution is 2.37. The Morgan fingerprint density at radius 1 is 1.06 bits per heavy atom. The number of ether oxygens (including phenoxy) is 4. The Kier molecular flexibility index (Phi) is 10.3. The number of rotatable bonds is 9. The van der Waals surface area contributed by atoms with Gasteiger partial charge in [0.05, 0.1) is 13.2 Å². The van der Waals surface area contributed by atoms with Crippen LogP contribution in [0.2, 0.25) is 18.1 Å².